The van der Waals surface area contributed by atoms with E-state index in [2.05, 4.69) is 4.90 Å². The van der Waals surface area contributed by atoms with E-state index < -0.39 is 10.0 Å². The highest BCUT2D eigenvalue weighted by molar-refractivity contribution is 7.92. The Labute approximate surface area is 156 Å². The van der Waals surface area contributed by atoms with Gasteiger partial charge in [0.05, 0.1) is 18.5 Å². The molecule has 5 nitrogen and oxygen atoms in total. The number of hydrogen-bond acceptors (Lipinski definition) is 4. The summed E-state index contributed by atoms with van der Waals surface area (Å²) >= 11 is 0. The van der Waals surface area contributed by atoms with E-state index in [9.17, 15) is 13.2 Å². The molecule has 0 N–H and O–H groups in total. The number of anilines is 1. The number of nitrogens with zero attached hydrogens (tertiary/aromatic N) is 2. The number of carbonyl (C=O) groups excluding carboxylic acids is 1. The first-order valence-electron chi connectivity index (χ1n) is 9.78. The predicted octanol–water partition coefficient (Wildman–Crippen LogP) is 2.70. The Morgan fingerprint density at radius 2 is 1.88 bits per heavy atom. The van der Waals surface area contributed by atoms with Gasteiger partial charge in [-0.1, -0.05) is 19.3 Å². The Kier molecular flexibility index (Phi) is 4.82. The maximum Gasteiger partial charge on any atom is 0.232 e. The molecule has 6 heteroatoms. The van der Waals surface area contributed by atoms with Crippen molar-refractivity contribution in [2.24, 2.45) is 11.8 Å². The van der Waals surface area contributed by atoms with Crippen LogP contribution < -0.4 is 4.31 Å². The van der Waals surface area contributed by atoms with E-state index in [-0.39, 0.29) is 5.78 Å². The van der Waals surface area contributed by atoms with Crippen molar-refractivity contribution in [3.05, 3.63) is 29.3 Å². The van der Waals surface area contributed by atoms with Crippen molar-refractivity contribution in [3.8, 4) is 0 Å². The van der Waals surface area contributed by atoms with Crippen LogP contribution in [0.5, 0.6) is 0 Å². The number of carbonyl (C=O) groups is 1. The quantitative estimate of drug-likeness (QED) is 0.758. The molecule has 2 heterocycles. The van der Waals surface area contributed by atoms with Crippen LogP contribution in [0, 0.1) is 11.8 Å². The molecule has 2 fully saturated rings. The normalized spacial score (nSPS) is 26.4. The molecule has 2 aliphatic heterocycles. The van der Waals surface area contributed by atoms with Crippen molar-refractivity contribution >= 4 is 21.5 Å². The number of likely N-dealkylation sites (tertiary alicyclic amines) is 1. The van der Waals surface area contributed by atoms with E-state index in [1.54, 1.807) is 12.1 Å². The number of rotatable bonds is 4. The van der Waals surface area contributed by atoms with Crippen LogP contribution in [0.1, 0.15) is 48.0 Å². The molecular weight excluding hydrogens is 348 g/mol. The first-order valence-corrected chi connectivity index (χ1v) is 11.6. The molecule has 0 bridgehead atoms. The first kappa shape index (κ1) is 18.0. The third-order valence-corrected chi connectivity index (χ3v) is 7.58. The van der Waals surface area contributed by atoms with Crippen LogP contribution in [0.15, 0.2) is 18.2 Å². The minimum absolute atomic E-state index is 0.153. The second-order valence-corrected chi connectivity index (χ2v) is 10.1. The molecule has 2 atom stereocenters. The number of sulfonamides is 1. The lowest BCUT2D eigenvalue weighted by atomic mass is 9.75. The summed E-state index contributed by atoms with van der Waals surface area (Å²) in [7, 11) is -3.24. The fourth-order valence-electron chi connectivity index (χ4n) is 5.00. The Morgan fingerprint density at radius 3 is 2.65 bits per heavy atom. The Balaban J connectivity index is 1.43. The highest BCUT2D eigenvalue weighted by atomic mass is 32.2. The van der Waals surface area contributed by atoms with Crippen molar-refractivity contribution in [1.29, 1.82) is 0 Å². The third kappa shape index (κ3) is 3.54. The van der Waals surface area contributed by atoms with Gasteiger partial charge in [0, 0.05) is 18.7 Å². The standard InChI is InChI=1S/C20H28N2O3S/c1-26(24,25)22-11-9-16-12-17(6-7-19(16)22)20(23)14-21-10-8-15-4-2-3-5-18(15)13-21/h6-7,12,15,18H,2-5,8-11,13-14H2,1H3/t15-,18-/m0/s1. The van der Waals surface area contributed by atoms with Crippen LogP contribution in [0.25, 0.3) is 0 Å². The second-order valence-electron chi connectivity index (χ2n) is 8.18. The molecule has 0 spiro atoms. The highest BCUT2D eigenvalue weighted by Gasteiger charge is 2.32. The molecule has 4 rings (SSSR count). The molecule has 0 unspecified atom stereocenters. The number of Topliss-reactive ketones (excluding diaryl/α,β-unsaturated/α-hetero) is 1. The third-order valence-electron chi connectivity index (χ3n) is 6.40. The Bertz CT molecular complexity index is 805. The fourth-order valence-corrected chi connectivity index (χ4v) is 5.96. The lowest BCUT2D eigenvalue weighted by molar-refractivity contribution is 0.0713. The molecule has 1 saturated carbocycles. The Hall–Kier alpha value is -1.40. The van der Waals surface area contributed by atoms with Gasteiger partial charge < -0.3 is 0 Å². The summed E-state index contributed by atoms with van der Waals surface area (Å²) in [6.07, 6.45) is 8.53. The van der Waals surface area contributed by atoms with Crippen LogP contribution in [0.2, 0.25) is 0 Å². The van der Waals surface area contributed by atoms with E-state index in [4.69, 9.17) is 0 Å². The number of fused-ring (bicyclic) bond motifs is 2. The van der Waals surface area contributed by atoms with Gasteiger partial charge in [-0.25, -0.2) is 8.42 Å². The van der Waals surface area contributed by atoms with Gasteiger partial charge in [-0.05, 0) is 61.4 Å². The summed E-state index contributed by atoms with van der Waals surface area (Å²) in [5.41, 5.74) is 2.41. The van der Waals surface area contributed by atoms with Gasteiger partial charge in [0.25, 0.3) is 0 Å². The minimum Gasteiger partial charge on any atom is -0.296 e. The SMILES string of the molecule is CS(=O)(=O)N1CCc2cc(C(=O)CN3CC[C@@H]4CCCC[C@H]4C3)ccc21. The molecule has 0 aromatic heterocycles. The molecule has 0 radical (unpaired) electrons. The van der Waals surface area contributed by atoms with Crippen molar-refractivity contribution < 1.29 is 13.2 Å². The van der Waals surface area contributed by atoms with Crippen LogP contribution >= 0.6 is 0 Å². The first-order chi connectivity index (χ1) is 12.4. The number of hydrogen-bond donors (Lipinski definition) is 0. The molecule has 0 amide bonds. The van der Waals surface area contributed by atoms with Gasteiger partial charge in [-0.15, -0.1) is 0 Å². The molecule has 1 aromatic rings. The summed E-state index contributed by atoms with van der Waals surface area (Å²) in [4.78, 5) is 15.1. The lowest BCUT2D eigenvalue weighted by Crippen LogP contribution is -2.43. The number of ketones is 1. The van der Waals surface area contributed by atoms with Gasteiger partial charge in [0.15, 0.2) is 5.78 Å². The highest BCUT2D eigenvalue weighted by Crippen LogP contribution is 2.36. The summed E-state index contributed by atoms with van der Waals surface area (Å²) < 4.78 is 25.1. The maximum atomic E-state index is 12.8. The maximum absolute atomic E-state index is 12.8. The zero-order valence-corrected chi connectivity index (χ0v) is 16.3. The Morgan fingerprint density at radius 1 is 1.12 bits per heavy atom. The fraction of sp³-hybridized carbons (Fsp3) is 0.650. The van der Waals surface area contributed by atoms with Gasteiger partial charge in [0.1, 0.15) is 0 Å². The van der Waals surface area contributed by atoms with Crippen LogP contribution in [-0.2, 0) is 16.4 Å². The molecule has 26 heavy (non-hydrogen) atoms. The predicted molar refractivity (Wildman–Crippen MR) is 103 cm³/mol. The number of piperidine rings is 1. The molecule has 1 aromatic carbocycles. The smallest absolute Gasteiger partial charge is 0.232 e. The molecule has 1 saturated heterocycles. The van der Waals surface area contributed by atoms with E-state index in [0.29, 0.717) is 25.1 Å². The molecule has 142 valence electrons. The molecule has 1 aliphatic carbocycles. The van der Waals surface area contributed by atoms with Crippen LogP contribution in [-0.4, -0.2) is 51.5 Å². The lowest BCUT2D eigenvalue weighted by Gasteiger charge is -2.41. The number of benzene rings is 1. The second kappa shape index (κ2) is 6.97. The van der Waals surface area contributed by atoms with Crippen molar-refractivity contribution in [2.75, 3.05) is 36.7 Å². The molecular formula is C20H28N2O3S. The van der Waals surface area contributed by atoms with Crippen molar-refractivity contribution in [1.82, 2.24) is 4.90 Å². The van der Waals surface area contributed by atoms with Gasteiger partial charge in [-0.3, -0.25) is 14.0 Å². The summed E-state index contributed by atoms with van der Waals surface area (Å²) in [5.74, 6) is 1.80. The molecule has 3 aliphatic rings. The largest absolute Gasteiger partial charge is 0.296 e. The summed E-state index contributed by atoms with van der Waals surface area (Å²) in [6, 6.07) is 5.48. The summed E-state index contributed by atoms with van der Waals surface area (Å²) in [6.45, 7) is 3.04. The van der Waals surface area contributed by atoms with Crippen LogP contribution in [0.4, 0.5) is 5.69 Å². The monoisotopic (exact) mass is 376 g/mol. The van der Waals surface area contributed by atoms with Gasteiger partial charge in [0.2, 0.25) is 10.0 Å². The van der Waals surface area contributed by atoms with E-state index in [1.807, 2.05) is 6.07 Å². The average Bonchev–Trinajstić information content (AvgIpc) is 3.05. The van der Waals surface area contributed by atoms with E-state index >= 15 is 0 Å². The minimum atomic E-state index is -3.24. The summed E-state index contributed by atoms with van der Waals surface area (Å²) in [5, 5.41) is 0. The van der Waals surface area contributed by atoms with Crippen molar-refractivity contribution in [2.45, 2.75) is 38.5 Å². The van der Waals surface area contributed by atoms with E-state index in [1.165, 1.54) is 42.7 Å². The zero-order valence-electron chi connectivity index (χ0n) is 15.5. The average molecular weight is 377 g/mol. The van der Waals surface area contributed by atoms with Crippen molar-refractivity contribution in [3.63, 3.8) is 0 Å². The van der Waals surface area contributed by atoms with Crippen LogP contribution in [0.3, 0.4) is 0 Å². The van der Waals surface area contributed by atoms with Gasteiger partial charge in [-0.2, -0.15) is 0 Å². The van der Waals surface area contributed by atoms with E-state index in [0.717, 1.165) is 36.2 Å². The van der Waals surface area contributed by atoms with Gasteiger partial charge >= 0.3 is 0 Å². The topological polar surface area (TPSA) is 57.7 Å². The zero-order chi connectivity index (χ0) is 18.3.